The van der Waals surface area contributed by atoms with Crippen molar-refractivity contribution in [3.63, 3.8) is 0 Å². The van der Waals surface area contributed by atoms with Crippen molar-refractivity contribution in [3.8, 4) is 11.5 Å². The van der Waals surface area contributed by atoms with E-state index < -0.39 is 49.2 Å². The molecule has 0 saturated heterocycles. The number of rotatable bonds is 15. The van der Waals surface area contributed by atoms with Crippen LogP contribution in [0.4, 0.5) is 0 Å². The highest BCUT2D eigenvalue weighted by Crippen LogP contribution is 2.53. The summed E-state index contributed by atoms with van der Waals surface area (Å²) < 4.78 is 31.0. The van der Waals surface area contributed by atoms with Crippen LogP contribution in [0.1, 0.15) is 32.3 Å². The lowest BCUT2D eigenvalue weighted by Crippen LogP contribution is -2.53. The van der Waals surface area contributed by atoms with Crippen molar-refractivity contribution >= 4 is 31.3 Å². The predicted octanol–water partition coefficient (Wildman–Crippen LogP) is 3.99. The number of hydrogen-bond donors (Lipinski definition) is 3. The fraction of sp³-hybridized carbons (Fsp3) is 0.290. The molecule has 0 saturated carbocycles. The third kappa shape index (κ3) is 10.6. The fourth-order valence-corrected chi connectivity index (χ4v) is 5.71. The summed E-state index contributed by atoms with van der Waals surface area (Å²) in [5.74, 6) is -2.93. The molecule has 43 heavy (non-hydrogen) atoms. The number of methoxy groups -OCH3 is 1. The summed E-state index contributed by atoms with van der Waals surface area (Å²) in [6.45, 7) is 2.91. The molecule has 0 radical (unpaired) electrons. The number of nitrogens with one attached hydrogen (secondary N) is 3. The number of benzene rings is 3. The Morgan fingerprint density at radius 1 is 0.674 bits per heavy atom. The average molecular weight is 610 g/mol. The summed E-state index contributed by atoms with van der Waals surface area (Å²) in [4.78, 5) is 49.5. The molecule has 228 valence electrons. The van der Waals surface area contributed by atoms with E-state index in [1.54, 1.807) is 60.7 Å². The van der Waals surface area contributed by atoms with Crippen molar-refractivity contribution < 1.29 is 37.5 Å². The van der Waals surface area contributed by atoms with Crippen LogP contribution in [-0.4, -0.2) is 48.7 Å². The summed E-state index contributed by atoms with van der Waals surface area (Å²) in [6, 6.07) is 24.0. The highest BCUT2D eigenvalue weighted by atomic mass is 31.2. The topological polar surface area (TPSA) is 149 Å². The lowest BCUT2D eigenvalue weighted by atomic mass is 10.1. The van der Waals surface area contributed by atoms with Crippen LogP contribution in [0.3, 0.4) is 0 Å². The van der Waals surface area contributed by atoms with E-state index in [2.05, 4.69) is 20.7 Å². The normalized spacial score (nSPS) is 13.0. The average Bonchev–Trinajstić information content (AvgIpc) is 3.00. The highest BCUT2D eigenvalue weighted by Gasteiger charge is 2.41. The summed E-state index contributed by atoms with van der Waals surface area (Å²) >= 11 is 0. The molecule has 3 rings (SSSR count). The van der Waals surface area contributed by atoms with E-state index >= 15 is 0 Å². The second-order valence-electron chi connectivity index (χ2n) is 9.66. The summed E-state index contributed by atoms with van der Waals surface area (Å²) in [5, 5.41) is 7.80. The summed E-state index contributed by atoms with van der Waals surface area (Å²) in [7, 11) is -2.95. The molecule has 3 aromatic rings. The van der Waals surface area contributed by atoms with Gasteiger partial charge in [-0.05, 0) is 43.7 Å². The molecule has 3 amide bonds. The smallest absolute Gasteiger partial charge is 0.453 e. The fourth-order valence-electron chi connectivity index (χ4n) is 3.87. The van der Waals surface area contributed by atoms with E-state index in [4.69, 9.17) is 9.05 Å². The minimum atomic E-state index is -4.16. The third-order valence-electron chi connectivity index (χ3n) is 6.22. The maximum absolute atomic E-state index is 14.6. The minimum Gasteiger partial charge on any atom is -0.469 e. The van der Waals surface area contributed by atoms with Gasteiger partial charge in [0.15, 0.2) is 5.78 Å². The third-order valence-corrected chi connectivity index (χ3v) is 8.23. The largest absolute Gasteiger partial charge is 0.469 e. The highest BCUT2D eigenvalue weighted by molar-refractivity contribution is 7.55. The van der Waals surface area contributed by atoms with E-state index in [0.717, 1.165) is 5.56 Å². The molecule has 0 bridgehead atoms. The van der Waals surface area contributed by atoms with Gasteiger partial charge in [0.05, 0.1) is 13.5 Å². The maximum Gasteiger partial charge on any atom is 0.453 e. The standard InChI is InChI=1S/C31H36N3O8P/c1-22(32-27(35)19-20-29(36)40-3)30(37)33-23(2)31(38)34-28(21-24-13-7-4-8-14-24)43(39,41-25-15-9-5-10-16-25)42-26-17-11-6-12-18-26/h4-18,22-23,28H,19-21H2,1-3H3,(H,32,35)(H,33,37)(H,34,38)/t22-,23-,28+/m0/s1. The van der Waals surface area contributed by atoms with Crippen LogP contribution in [0.15, 0.2) is 91.0 Å². The van der Waals surface area contributed by atoms with Crippen molar-refractivity contribution in [2.45, 2.75) is 51.0 Å². The molecule has 0 aliphatic carbocycles. The molecule has 3 atom stereocenters. The summed E-state index contributed by atoms with van der Waals surface area (Å²) in [6.07, 6.45) is -0.190. The van der Waals surface area contributed by atoms with Crippen molar-refractivity contribution in [1.82, 2.24) is 16.0 Å². The zero-order chi connectivity index (χ0) is 31.2. The van der Waals surface area contributed by atoms with Crippen LogP contribution in [0.2, 0.25) is 0 Å². The number of ether oxygens (including phenoxy) is 1. The molecule has 0 fully saturated rings. The van der Waals surface area contributed by atoms with E-state index in [1.165, 1.54) is 21.0 Å². The first-order valence-electron chi connectivity index (χ1n) is 13.7. The van der Waals surface area contributed by atoms with Gasteiger partial charge < -0.3 is 29.7 Å². The van der Waals surface area contributed by atoms with Crippen molar-refractivity contribution in [3.05, 3.63) is 96.6 Å². The van der Waals surface area contributed by atoms with Gasteiger partial charge in [-0.2, -0.15) is 0 Å². The van der Waals surface area contributed by atoms with Crippen LogP contribution in [0.5, 0.6) is 11.5 Å². The molecule has 12 heteroatoms. The molecule has 3 N–H and O–H groups in total. The second kappa shape index (κ2) is 16.1. The molecule has 0 aliphatic heterocycles. The molecular weight excluding hydrogens is 573 g/mol. The van der Waals surface area contributed by atoms with Crippen LogP contribution < -0.4 is 25.0 Å². The van der Waals surface area contributed by atoms with E-state index in [1.807, 2.05) is 30.3 Å². The van der Waals surface area contributed by atoms with Gasteiger partial charge in [-0.1, -0.05) is 66.7 Å². The van der Waals surface area contributed by atoms with Gasteiger partial charge in [0.2, 0.25) is 17.7 Å². The molecule has 0 unspecified atom stereocenters. The Morgan fingerprint density at radius 3 is 1.65 bits per heavy atom. The Kier molecular flexibility index (Phi) is 12.3. The second-order valence-corrected chi connectivity index (χ2v) is 11.7. The number of para-hydroxylation sites is 2. The number of carbonyl (C=O) groups excluding carboxylic acids is 4. The molecule has 0 aliphatic rings. The zero-order valence-electron chi connectivity index (χ0n) is 24.2. The Bertz CT molecular complexity index is 1360. The van der Waals surface area contributed by atoms with Gasteiger partial charge in [-0.25, -0.2) is 4.57 Å². The molecule has 0 spiro atoms. The van der Waals surface area contributed by atoms with Crippen molar-refractivity contribution in [1.29, 1.82) is 0 Å². The van der Waals surface area contributed by atoms with Gasteiger partial charge in [0.1, 0.15) is 23.6 Å². The van der Waals surface area contributed by atoms with Crippen LogP contribution in [0, 0.1) is 0 Å². The number of hydrogen-bond acceptors (Lipinski definition) is 8. The zero-order valence-corrected chi connectivity index (χ0v) is 25.1. The van der Waals surface area contributed by atoms with Crippen molar-refractivity contribution in [2.75, 3.05) is 7.11 Å². The molecule has 11 nitrogen and oxygen atoms in total. The van der Waals surface area contributed by atoms with Gasteiger partial charge in [0, 0.05) is 12.8 Å². The van der Waals surface area contributed by atoms with E-state index in [9.17, 15) is 23.7 Å². The number of carbonyl (C=O) groups is 4. The SMILES string of the molecule is COC(=O)CCC(=O)N[C@@H](C)C(=O)N[C@@H](C)C(=O)N[C@@H](Cc1ccccc1)P(=O)(Oc1ccccc1)Oc1ccccc1. The minimum absolute atomic E-state index is 0.0941. The number of amides is 3. The summed E-state index contributed by atoms with van der Waals surface area (Å²) in [5.41, 5.74) is 0.765. The Balaban J connectivity index is 1.79. The van der Waals surface area contributed by atoms with Gasteiger partial charge in [-0.15, -0.1) is 0 Å². The first kappa shape index (κ1) is 32.9. The first-order chi connectivity index (χ1) is 20.6. The van der Waals surface area contributed by atoms with Crippen LogP contribution in [-0.2, 0) is 34.9 Å². The first-order valence-corrected chi connectivity index (χ1v) is 15.3. The predicted molar refractivity (Wildman–Crippen MR) is 160 cm³/mol. The monoisotopic (exact) mass is 609 g/mol. The number of esters is 1. The Morgan fingerprint density at radius 2 is 1.14 bits per heavy atom. The molecular formula is C31H36N3O8P. The maximum atomic E-state index is 14.6. The quantitative estimate of drug-likeness (QED) is 0.173. The molecule has 0 aromatic heterocycles. The van der Waals surface area contributed by atoms with E-state index in [-0.39, 0.29) is 30.8 Å². The van der Waals surface area contributed by atoms with Crippen LogP contribution in [0.25, 0.3) is 0 Å². The van der Waals surface area contributed by atoms with E-state index in [0.29, 0.717) is 0 Å². The lowest BCUT2D eigenvalue weighted by Gasteiger charge is -2.29. The van der Waals surface area contributed by atoms with Crippen LogP contribution >= 0.6 is 7.60 Å². The molecule has 0 heterocycles. The van der Waals surface area contributed by atoms with Gasteiger partial charge in [-0.3, -0.25) is 19.2 Å². The van der Waals surface area contributed by atoms with Gasteiger partial charge >= 0.3 is 13.6 Å². The van der Waals surface area contributed by atoms with Crippen molar-refractivity contribution in [2.24, 2.45) is 0 Å². The Labute approximate surface area is 250 Å². The Hall–Kier alpha value is -4.63. The lowest BCUT2D eigenvalue weighted by molar-refractivity contribution is -0.142. The van der Waals surface area contributed by atoms with Gasteiger partial charge in [0.25, 0.3) is 0 Å². The molecule has 3 aromatic carbocycles.